The second-order valence-corrected chi connectivity index (χ2v) is 7.82. The highest BCUT2D eigenvalue weighted by Gasteiger charge is 2.58. The van der Waals surface area contributed by atoms with Crippen molar-refractivity contribution in [2.45, 2.75) is 57.7 Å². The summed E-state index contributed by atoms with van der Waals surface area (Å²) in [7, 11) is 0. The van der Waals surface area contributed by atoms with Crippen LogP contribution in [0.5, 0.6) is 0 Å². The Bertz CT molecular complexity index is 435. The van der Waals surface area contributed by atoms with Gasteiger partial charge in [-0.15, -0.1) is 0 Å². The highest BCUT2D eigenvalue weighted by atomic mass is 19.4. The van der Waals surface area contributed by atoms with Crippen LogP contribution in [0, 0.1) is 22.7 Å². The molecule has 0 aliphatic heterocycles. The molecule has 0 spiro atoms. The van der Waals surface area contributed by atoms with Crippen molar-refractivity contribution in [3.63, 3.8) is 0 Å². The summed E-state index contributed by atoms with van der Waals surface area (Å²) in [6.45, 7) is 1.47. The Kier molecular flexibility index (Phi) is 3.32. The fraction of sp³-hybridized carbons (Fsp3) is 0.933. The molecule has 0 heterocycles. The molecule has 0 aromatic rings. The van der Waals surface area contributed by atoms with Crippen molar-refractivity contribution in [3.05, 3.63) is 0 Å². The maximum atomic E-state index is 12.5. The number of amides is 1. The van der Waals surface area contributed by atoms with E-state index in [9.17, 15) is 18.0 Å². The van der Waals surface area contributed by atoms with Crippen LogP contribution in [0.15, 0.2) is 0 Å². The number of nitrogens with one attached hydrogen (secondary N) is 1. The molecule has 4 rings (SSSR count). The van der Waals surface area contributed by atoms with E-state index < -0.39 is 24.2 Å². The van der Waals surface area contributed by atoms with Gasteiger partial charge in [-0.1, -0.05) is 6.92 Å². The summed E-state index contributed by atoms with van der Waals surface area (Å²) in [6, 6.07) is 0. The molecule has 4 saturated carbocycles. The average Bonchev–Trinajstić information content (AvgIpc) is 2.31. The van der Waals surface area contributed by atoms with Crippen LogP contribution in [0.4, 0.5) is 13.2 Å². The van der Waals surface area contributed by atoms with Crippen LogP contribution in [-0.2, 0) is 4.79 Å². The molecule has 4 aliphatic carbocycles. The number of aliphatic hydroxyl groups is 1. The molecule has 0 saturated heterocycles. The van der Waals surface area contributed by atoms with E-state index in [1.807, 2.05) is 0 Å². The van der Waals surface area contributed by atoms with Crippen LogP contribution >= 0.6 is 0 Å². The third kappa shape index (κ3) is 2.67. The van der Waals surface area contributed by atoms with Crippen molar-refractivity contribution >= 4 is 5.91 Å². The highest BCUT2D eigenvalue weighted by molar-refractivity contribution is 5.83. The second-order valence-electron chi connectivity index (χ2n) is 7.82. The maximum Gasteiger partial charge on any atom is 0.416 e. The molecule has 2 N–H and O–H groups in total. The first-order valence-electron chi connectivity index (χ1n) is 7.65. The summed E-state index contributed by atoms with van der Waals surface area (Å²) in [6.07, 6.45) is -1.34. The van der Waals surface area contributed by atoms with Crippen LogP contribution in [0.1, 0.15) is 45.4 Å². The van der Waals surface area contributed by atoms with Gasteiger partial charge < -0.3 is 10.4 Å². The Morgan fingerprint density at radius 3 is 2.33 bits per heavy atom. The van der Waals surface area contributed by atoms with E-state index in [4.69, 9.17) is 5.11 Å². The van der Waals surface area contributed by atoms with E-state index >= 15 is 0 Å². The third-order valence-electron chi connectivity index (χ3n) is 5.67. The lowest BCUT2D eigenvalue weighted by molar-refractivity contribution is -0.202. The normalized spacial score (nSPS) is 42.9. The van der Waals surface area contributed by atoms with Gasteiger partial charge in [-0.2, -0.15) is 13.2 Å². The fourth-order valence-corrected chi connectivity index (χ4v) is 5.48. The molecule has 1 amide bonds. The largest absolute Gasteiger partial charge is 0.416 e. The van der Waals surface area contributed by atoms with E-state index in [0.29, 0.717) is 11.8 Å². The number of carbonyl (C=O) groups excluding carboxylic acids is 1. The quantitative estimate of drug-likeness (QED) is 0.842. The van der Waals surface area contributed by atoms with Gasteiger partial charge in [0.25, 0.3) is 0 Å². The molecular weight excluding hydrogens is 283 g/mol. The predicted octanol–water partition coefficient (Wildman–Crippen LogP) is 2.63. The zero-order valence-electron chi connectivity index (χ0n) is 12.2. The number of hydrogen-bond donors (Lipinski definition) is 2. The predicted molar refractivity (Wildman–Crippen MR) is 70.3 cm³/mol. The summed E-state index contributed by atoms with van der Waals surface area (Å²) >= 11 is 0. The van der Waals surface area contributed by atoms with E-state index in [0.717, 1.165) is 38.5 Å². The number of hydrogen-bond acceptors (Lipinski definition) is 2. The molecule has 3 atom stereocenters. The second kappa shape index (κ2) is 4.61. The van der Waals surface area contributed by atoms with Crippen molar-refractivity contribution in [2.75, 3.05) is 6.54 Å². The Labute approximate surface area is 122 Å². The summed E-state index contributed by atoms with van der Waals surface area (Å²) in [5, 5.41) is 11.4. The third-order valence-corrected chi connectivity index (χ3v) is 5.67. The minimum atomic E-state index is -4.68. The molecule has 6 heteroatoms. The maximum absolute atomic E-state index is 12.5. The number of halogens is 3. The lowest BCUT2D eigenvalue weighted by Gasteiger charge is -2.60. The molecule has 0 aromatic carbocycles. The molecule has 4 bridgehead atoms. The minimum absolute atomic E-state index is 0.171. The van der Waals surface area contributed by atoms with E-state index in [-0.39, 0.29) is 11.3 Å². The van der Waals surface area contributed by atoms with Gasteiger partial charge >= 0.3 is 6.18 Å². The standard InChI is InChI=1S/C15H22F3NO2/c1-13-3-9-2-10(4-13)6-14(5-9,8-13)12(21)19-7-11(20)15(16,17)18/h9-11,20H,2-8H2,1H3,(H,19,21). The van der Waals surface area contributed by atoms with Gasteiger partial charge in [-0.25, -0.2) is 0 Å². The van der Waals surface area contributed by atoms with E-state index in [1.54, 1.807) is 0 Å². The average molecular weight is 305 g/mol. The first kappa shape index (κ1) is 15.1. The lowest BCUT2D eigenvalue weighted by Crippen LogP contribution is -2.57. The molecule has 3 unspecified atom stereocenters. The molecule has 0 aromatic heterocycles. The van der Waals surface area contributed by atoms with Gasteiger partial charge in [-0.3, -0.25) is 4.79 Å². The van der Waals surface area contributed by atoms with Crippen molar-refractivity contribution in [1.29, 1.82) is 0 Å². The van der Waals surface area contributed by atoms with Gasteiger partial charge in [0.05, 0.1) is 12.0 Å². The van der Waals surface area contributed by atoms with Crippen molar-refractivity contribution < 1.29 is 23.1 Å². The summed E-state index contributed by atoms with van der Waals surface area (Å²) in [5.41, 5.74) is -0.325. The lowest BCUT2D eigenvalue weighted by atomic mass is 9.44. The number of rotatable bonds is 3. The van der Waals surface area contributed by atoms with Crippen LogP contribution in [0.25, 0.3) is 0 Å². The van der Waals surface area contributed by atoms with Gasteiger partial charge in [0.15, 0.2) is 6.10 Å². The fourth-order valence-electron chi connectivity index (χ4n) is 5.48. The van der Waals surface area contributed by atoms with Crippen LogP contribution in [-0.4, -0.2) is 29.8 Å². The SMILES string of the molecule is CC12CC3CC(C1)CC(C(=O)NCC(O)C(F)(F)F)(C3)C2. The molecule has 4 aliphatic rings. The first-order chi connectivity index (χ1) is 9.62. The molecule has 0 radical (unpaired) electrons. The van der Waals surface area contributed by atoms with Crippen molar-refractivity contribution in [3.8, 4) is 0 Å². The van der Waals surface area contributed by atoms with E-state index in [2.05, 4.69) is 12.2 Å². The topological polar surface area (TPSA) is 49.3 Å². The minimum Gasteiger partial charge on any atom is -0.382 e. The van der Waals surface area contributed by atoms with E-state index in [1.165, 1.54) is 0 Å². The Balaban J connectivity index is 1.67. The summed E-state index contributed by atoms with van der Waals surface area (Å²) < 4.78 is 37.0. The van der Waals surface area contributed by atoms with Gasteiger partial charge in [0.1, 0.15) is 0 Å². The highest BCUT2D eigenvalue weighted by Crippen LogP contribution is 2.65. The van der Waals surface area contributed by atoms with Crippen LogP contribution in [0.3, 0.4) is 0 Å². The monoisotopic (exact) mass is 305 g/mol. The number of aliphatic hydroxyl groups excluding tert-OH is 1. The molecular formula is C15H22F3NO2. The first-order valence-corrected chi connectivity index (χ1v) is 7.65. The zero-order chi connectivity index (χ0) is 15.5. The smallest absolute Gasteiger partial charge is 0.382 e. The Morgan fingerprint density at radius 2 is 1.86 bits per heavy atom. The number of carbonyl (C=O) groups is 1. The van der Waals surface area contributed by atoms with Gasteiger partial charge in [-0.05, 0) is 55.8 Å². The zero-order valence-corrected chi connectivity index (χ0v) is 12.2. The van der Waals surface area contributed by atoms with Gasteiger partial charge in [0.2, 0.25) is 5.91 Å². The number of alkyl halides is 3. The summed E-state index contributed by atoms with van der Waals surface area (Å²) in [5.74, 6) is 0.787. The van der Waals surface area contributed by atoms with Gasteiger partial charge in [0, 0.05) is 0 Å². The Hall–Kier alpha value is -0.780. The van der Waals surface area contributed by atoms with Crippen LogP contribution in [0.2, 0.25) is 0 Å². The molecule has 3 nitrogen and oxygen atoms in total. The van der Waals surface area contributed by atoms with Crippen molar-refractivity contribution in [1.82, 2.24) is 5.32 Å². The van der Waals surface area contributed by atoms with Crippen molar-refractivity contribution in [2.24, 2.45) is 22.7 Å². The molecule has 4 fully saturated rings. The molecule has 21 heavy (non-hydrogen) atoms. The summed E-state index contributed by atoms with van der Waals surface area (Å²) in [4.78, 5) is 12.5. The Morgan fingerprint density at radius 1 is 1.29 bits per heavy atom. The van der Waals surface area contributed by atoms with Crippen LogP contribution < -0.4 is 5.32 Å². The molecule has 120 valence electrons.